The molecule has 92 valence electrons. The third-order valence-electron chi connectivity index (χ3n) is 2.39. The summed E-state index contributed by atoms with van der Waals surface area (Å²) in [5.74, 6) is 0. The van der Waals surface area contributed by atoms with Gasteiger partial charge >= 0.3 is 0 Å². The van der Waals surface area contributed by atoms with Crippen molar-refractivity contribution in [3.8, 4) is 0 Å². The lowest BCUT2D eigenvalue weighted by molar-refractivity contribution is 0.429. The molecule has 1 aromatic heterocycles. The van der Waals surface area contributed by atoms with Crippen LogP contribution in [0.4, 0.5) is 0 Å². The van der Waals surface area contributed by atoms with E-state index in [0.717, 1.165) is 5.56 Å². The van der Waals surface area contributed by atoms with Crippen molar-refractivity contribution in [2.75, 3.05) is 13.1 Å². The molecule has 1 unspecified atom stereocenters. The molecular formula is C9H18N4O2S. The first kappa shape index (κ1) is 13.1. The lowest BCUT2D eigenvalue weighted by atomic mass is 10.2. The largest absolute Gasteiger partial charge is 0.285 e. The van der Waals surface area contributed by atoms with Crippen LogP contribution in [0.25, 0.3) is 0 Å². The van der Waals surface area contributed by atoms with Gasteiger partial charge in [0.1, 0.15) is 0 Å². The van der Waals surface area contributed by atoms with Crippen LogP contribution in [0.3, 0.4) is 0 Å². The van der Waals surface area contributed by atoms with E-state index in [4.69, 9.17) is 0 Å². The minimum atomic E-state index is -3.41. The molecule has 1 atom stereocenters. The van der Waals surface area contributed by atoms with E-state index in [1.807, 2.05) is 13.8 Å². The SMILES string of the molecule is CCN(CC)S(=O)(=O)NC(C)c1cn[nH]c1. The Morgan fingerprint density at radius 2 is 2.12 bits per heavy atom. The van der Waals surface area contributed by atoms with Crippen molar-refractivity contribution in [3.63, 3.8) is 0 Å². The van der Waals surface area contributed by atoms with Gasteiger partial charge in [-0.05, 0) is 6.92 Å². The molecular weight excluding hydrogens is 228 g/mol. The summed E-state index contributed by atoms with van der Waals surface area (Å²) in [5.41, 5.74) is 0.815. The van der Waals surface area contributed by atoms with Crippen molar-refractivity contribution in [1.82, 2.24) is 19.2 Å². The Kier molecular flexibility index (Phi) is 4.45. The highest BCUT2D eigenvalue weighted by Gasteiger charge is 2.21. The Bertz CT molecular complexity index is 397. The van der Waals surface area contributed by atoms with Gasteiger partial charge in [0.05, 0.1) is 6.20 Å². The summed E-state index contributed by atoms with van der Waals surface area (Å²) in [7, 11) is -3.41. The van der Waals surface area contributed by atoms with Gasteiger partial charge in [0, 0.05) is 30.9 Å². The third kappa shape index (κ3) is 3.03. The first-order chi connectivity index (χ1) is 7.51. The predicted molar refractivity (Wildman–Crippen MR) is 62.0 cm³/mol. The van der Waals surface area contributed by atoms with E-state index < -0.39 is 10.2 Å². The second kappa shape index (κ2) is 5.42. The Morgan fingerprint density at radius 1 is 1.50 bits per heavy atom. The molecule has 0 aliphatic carbocycles. The summed E-state index contributed by atoms with van der Waals surface area (Å²) >= 11 is 0. The van der Waals surface area contributed by atoms with E-state index in [1.165, 1.54) is 4.31 Å². The maximum atomic E-state index is 11.9. The fourth-order valence-electron chi connectivity index (χ4n) is 1.43. The van der Waals surface area contributed by atoms with Crippen LogP contribution in [-0.2, 0) is 10.2 Å². The molecule has 0 fully saturated rings. The lowest BCUT2D eigenvalue weighted by Gasteiger charge is -2.21. The summed E-state index contributed by atoms with van der Waals surface area (Å²) < 4.78 is 27.7. The Morgan fingerprint density at radius 3 is 2.56 bits per heavy atom. The number of hydrogen-bond donors (Lipinski definition) is 2. The number of aromatic amines is 1. The first-order valence-corrected chi connectivity index (χ1v) is 6.71. The van der Waals surface area contributed by atoms with E-state index in [9.17, 15) is 8.42 Å². The highest BCUT2D eigenvalue weighted by Crippen LogP contribution is 2.12. The molecule has 1 heterocycles. The zero-order valence-corrected chi connectivity index (χ0v) is 10.6. The zero-order valence-electron chi connectivity index (χ0n) is 9.77. The molecule has 0 bridgehead atoms. The molecule has 0 radical (unpaired) electrons. The quantitative estimate of drug-likeness (QED) is 0.773. The fourth-order valence-corrected chi connectivity index (χ4v) is 2.84. The van der Waals surface area contributed by atoms with Crippen molar-refractivity contribution < 1.29 is 8.42 Å². The van der Waals surface area contributed by atoms with Gasteiger partial charge in [-0.15, -0.1) is 0 Å². The Hall–Kier alpha value is -0.920. The van der Waals surface area contributed by atoms with Crippen molar-refractivity contribution >= 4 is 10.2 Å². The van der Waals surface area contributed by atoms with Crippen LogP contribution in [-0.4, -0.2) is 36.0 Å². The summed E-state index contributed by atoms with van der Waals surface area (Å²) in [6, 6.07) is -0.288. The van der Waals surface area contributed by atoms with Crippen molar-refractivity contribution in [3.05, 3.63) is 18.0 Å². The van der Waals surface area contributed by atoms with Crippen molar-refractivity contribution in [1.29, 1.82) is 0 Å². The Labute approximate surface area is 96.2 Å². The van der Waals surface area contributed by atoms with Crippen LogP contribution >= 0.6 is 0 Å². The van der Waals surface area contributed by atoms with Crippen LogP contribution in [0.1, 0.15) is 32.4 Å². The fraction of sp³-hybridized carbons (Fsp3) is 0.667. The molecule has 2 N–H and O–H groups in total. The number of nitrogens with one attached hydrogen (secondary N) is 2. The average molecular weight is 246 g/mol. The normalized spacial score (nSPS) is 14.2. The van der Waals surface area contributed by atoms with Gasteiger partial charge in [0.15, 0.2) is 0 Å². The molecule has 0 spiro atoms. The molecule has 0 aliphatic rings. The standard InChI is InChI=1S/C9H18N4O2S/c1-4-13(5-2)16(14,15)12-8(3)9-6-10-11-7-9/h6-8,12H,4-5H2,1-3H3,(H,10,11). The van der Waals surface area contributed by atoms with Crippen molar-refractivity contribution in [2.45, 2.75) is 26.8 Å². The molecule has 0 aliphatic heterocycles. The van der Waals surface area contributed by atoms with Gasteiger partial charge in [0.2, 0.25) is 0 Å². The van der Waals surface area contributed by atoms with Gasteiger partial charge in [-0.1, -0.05) is 13.8 Å². The molecule has 0 saturated heterocycles. The van der Waals surface area contributed by atoms with E-state index >= 15 is 0 Å². The molecule has 1 rings (SSSR count). The minimum absolute atomic E-state index is 0.288. The van der Waals surface area contributed by atoms with Gasteiger partial charge in [-0.2, -0.15) is 22.5 Å². The summed E-state index contributed by atoms with van der Waals surface area (Å²) in [6.07, 6.45) is 3.28. The highest BCUT2D eigenvalue weighted by molar-refractivity contribution is 7.87. The summed E-state index contributed by atoms with van der Waals surface area (Å²) in [5, 5.41) is 6.44. The molecule has 0 amide bonds. The van der Waals surface area contributed by atoms with E-state index in [1.54, 1.807) is 19.3 Å². The van der Waals surface area contributed by atoms with Crippen LogP contribution in [0.2, 0.25) is 0 Å². The molecule has 7 heteroatoms. The van der Waals surface area contributed by atoms with Crippen LogP contribution < -0.4 is 4.72 Å². The monoisotopic (exact) mass is 246 g/mol. The highest BCUT2D eigenvalue weighted by atomic mass is 32.2. The van der Waals surface area contributed by atoms with E-state index in [2.05, 4.69) is 14.9 Å². The number of aromatic nitrogens is 2. The number of rotatable bonds is 6. The number of hydrogen-bond acceptors (Lipinski definition) is 3. The van der Waals surface area contributed by atoms with Crippen LogP contribution in [0.15, 0.2) is 12.4 Å². The maximum Gasteiger partial charge on any atom is 0.279 e. The molecule has 1 aromatic rings. The summed E-state index contributed by atoms with van der Waals surface area (Å²) in [4.78, 5) is 0. The molecule has 0 saturated carbocycles. The van der Waals surface area contributed by atoms with E-state index in [-0.39, 0.29) is 6.04 Å². The van der Waals surface area contributed by atoms with Crippen LogP contribution in [0, 0.1) is 0 Å². The smallest absolute Gasteiger partial charge is 0.279 e. The van der Waals surface area contributed by atoms with Gasteiger partial charge in [-0.3, -0.25) is 5.10 Å². The van der Waals surface area contributed by atoms with Gasteiger partial charge in [-0.25, -0.2) is 0 Å². The predicted octanol–water partition coefficient (Wildman–Crippen LogP) is 0.647. The molecule has 6 nitrogen and oxygen atoms in total. The molecule has 16 heavy (non-hydrogen) atoms. The third-order valence-corrected chi connectivity index (χ3v) is 4.24. The second-order valence-corrected chi connectivity index (χ2v) is 5.16. The topological polar surface area (TPSA) is 78.1 Å². The average Bonchev–Trinajstić information content (AvgIpc) is 2.70. The number of H-pyrrole nitrogens is 1. The number of nitrogens with zero attached hydrogens (tertiary/aromatic N) is 2. The second-order valence-electron chi connectivity index (χ2n) is 3.46. The minimum Gasteiger partial charge on any atom is -0.285 e. The maximum absolute atomic E-state index is 11.9. The van der Waals surface area contributed by atoms with Crippen molar-refractivity contribution in [2.24, 2.45) is 0 Å². The van der Waals surface area contributed by atoms with Crippen LogP contribution in [0.5, 0.6) is 0 Å². The Balaban J connectivity index is 2.73. The lowest BCUT2D eigenvalue weighted by Crippen LogP contribution is -2.41. The molecule has 0 aromatic carbocycles. The first-order valence-electron chi connectivity index (χ1n) is 5.27. The zero-order chi connectivity index (χ0) is 12.2. The van der Waals surface area contributed by atoms with Gasteiger partial charge in [0.25, 0.3) is 10.2 Å². The van der Waals surface area contributed by atoms with E-state index in [0.29, 0.717) is 13.1 Å². The van der Waals surface area contributed by atoms with Gasteiger partial charge < -0.3 is 0 Å². The summed E-state index contributed by atoms with van der Waals surface area (Å²) in [6.45, 7) is 6.33.